The molecule has 0 heterocycles. The minimum atomic E-state index is -3.98. The van der Waals surface area contributed by atoms with E-state index in [2.05, 4.69) is 0 Å². The zero-order chi connectivity index (χ0) is 20.9. The average molecular weight is 425 g/mol. The van der Waals surface area contributed by atoms with Gasteiger partial charge in [0.2, 0.25) is 15.9 Å². The molecule has 0 bridgehead atoms. The van der Waals surface area contributed by atoms with Gasteiger partial charge in [-0.05, 0) is 54.3 Å². The molecule has 2 aromatic rings. The van der Waals surface area contributed by atoms with Crippen LogP contribution in [0.2, 0.25) is 5.02 Å². The third kappa shape index (κ3) is 5.47. The molecule has 0 aliphatic carbocycles. The van der Waals surface area contributed by atoms with Crippen LogP contribution in [0.5, 0.6) is 5.75 Å². The molecule has 2 rings (SSSR count). The van der Waals surface area contributed by atoms with Crippen LogP contribution in [0.1, 0.15) is 25.8 Å². The normalized spacial score (nSPS) is 12.9. The van der Waals surface area contributed by atoms with Crippen LogP contribution in [0.25, 0.3) is 0 Å². The minimum Gasteiger partial charge on any atom is -0.497 e. The first-order chi connectivity index (χ1) is 13.1. The Morgan fingerprint density at radius 1 is 1.11 bits per heavy atom. The minimum absolute atomic E-state index is 0.00921. The highest BCUT2D eigenvalue weighted by atomic mass is 35.5. The first-order valence-electron chi connectivity index (χ1n) is 8.84. The number of methoxy groups -OCH3 is 1. The number of amides is 1. The number of hydrogen-bond acceptors (Lipinski definition) is 4. The number of carbonyl (C=O) groups excluding carboxylic acids is 1. The van der Waals surface area contributed by atoms with Gasteiger partial charge >= 0.3 is 0 Å². The fourth-order valence-corrected chi connectivity index (χ4v) is 4.56. The topological polar surface area (TPSA) is 89.7 Å². The van der Waals surface area contributed by atoms with Crippen molar-refractivity contribution < 1.29 is 17.9 Å². The van der Waals surface area contributed by atoms with Crippen molar-refractivity contribution in [2.45, 2.75) is 37.8 Å². The van der Waals surface area contributed by atoms with Crippen molar-refractivity contribution >= 4 is 27.5 Å². The smallest absolute Gasteiger partial charge is 0.244 e. The summed E-state index contributed by atoms with van der Waals surface area (Å²) in [5.74, 6) is 0.0560. The van der Waals surface area contributed by atoms with Gasteiger partial charge in [-0.1, -0.05) is 37.6 Å². The van der Waals surface area contributed by atoms with E-state index in [-0.39, 0.29) is 17.4 Å². The van der Waals surface area contributed by atoms with Gasteiger partial charge in [0.05, 0.1) is 12.0 Å². The quantitative estimate of drug-likeness (QED) is 0.667. The van der Waals surface area contributed by atoms with E-state index in [1.54, 1.807) is 31.4 Å². The number of hydrogen-bond donors (Lipinski definition) is 1. The summed E-state index contributed by atoms with van der Waals surface area (Å²) >= 11 is 5.89. The highest BCUT2D eigenvalue weighted by molar-refractivity contribution is 7.89. The fraction of sp³-hybridized carbons (Fsp3) is 0.350. The number of nitrogens with zero attached hydrogens (tertiary/aromatic N) is 1. The predicted molar refractivity (Wildman–Crippen MR) is 110 cm³/mol. The lowest BCUT2D eigenvalue weighted by Crippen LogP contribution is -2.48. The molecule has 2 aromatic carbocycles. The second-order valence-corrected chi connectivity index (χ2v) is 9.23. The van der Waals surface area contributed by atoms with Crippen molar-refractivity contribution in [3.8, 4) is 5.75 Å². The van der Waals surface area contributed by atoms with Crippen LogP contribution < -0.4 is 10.5 Å². The molecule has 1 amide bonds. The standard InChI is InChI=1S/C20H25ClN2O4S/c1-14(2)12-19(20(22)24)23(13-15-4-8-17(27-3)9-5-15)28(25,26)18-10-6-16(21)7-11-18/h4-11,14,19H,12-13H2,1-3H3,(H2,22,24)/t19-/m1/s1. The summed E-state index contributed by atoms with van der Waals surface area (Å²) in [6.45, 7) is 3.84. The first-order valence-corrected chi connectivity index (χ1v) is 10.7. The number of sulfonamides is 1. The van der Waals surface area contributed by atoms with Crippen LogP contribution in [0.3, 0.4) is 0 Å². The van der Waals surface area contributed by atoms with Gasteiger partial charge in [-0.2, -0.15) is 4.31 Å². The molecule has 8 heteroatoms. The second-order valence-electron chi connectivity index (χ2n) is 6.90. The van der Waals surface area contributed by atoms with Gasteiger partial charge in [0.25, 0.3) is 0 Å². The molecule has 0 saturated heterocycles. The van der Waals surface area contributed by atoms with E-state index < -0.39 is 22.0 Å². The van der Waals surface area contributed by atoms with E-state index in [9.17, 15) is 13.2 Å². The molecule has 0 aliphatic rings. The van der Waals surface area contributed by atoms with Gasteiger partial charge in [0, 0.05) is 11.6 Å². The summed E-state index contributed by atoms with van der Waals surface area (Å²) in [7, 11) is -2.43. The molecular formula is C20H25ClN2O4S. The maximum atomic E-state index is 13.3. The maximum Gasteiger partial charge on any atom is 0.244 e. The Labute approximate surface area is 171 Å². The largest absolute Gasteiger partial charge is 0.497 e. The number of nitrogens with two attached hydrogens (primary N) is 1. The van der Waals surface area contributed by atoms with Crippen molar-refractivity contribution in [3.05, 3.63) is 59.1 Å². The van der Waals surface area contributed by atoms with Gasteiger partial charge in [-0.15, -0.1) is 0 Å². The van der Waals surface area contributed by atoms with Gasteiger partial charge in [-0.25, -0.2) is 8.42 Å². The zero-order valence-electron chi connectivity index (χ0n) is 16.1. The maximum absolute atomic E-state index is 13.3. The van der Waals surface area contributed by atoms with Gasteiger partial charge in [0.15, 0.2) is 0 Å². The Morgan fingerprint density at radius 2 is 1.68 bits per heavy atom. The highest BCUT2D eigenvalue weighted by Crippen LogP contribution is 2.26. The molecule has 2 N–H and O–H groups in total. The van der Waals surface area contributed by atoms with Crippen LogP contribution >= 0.6 is 11.6 Å². The number of halogens is 1. The lowest BCUT2D eigenvalue weighted by atomic mass is 10.0. The van der Waals surface area contributed by atoms with E-state index >= 15 is 0 Å². The molecular weight excluding hydrogens is 400 g/mol. The van der Waals surface area contributed by atoms with Crippen molar-refractivity contribution in [3.63, 3.8) is 0 Å². The first kappa shape index (κ1) is 22.2. The molecule has 6 nitrogen and oxygen atoms in total. The summed E-state index contributed by atoms with van der Waals surface area (Å²) in [6.07, 6.45) is 0.318. The van der Waals surface area contributed by atoms with Crippen LogP contribution in [0, 0.1) is 5.92 Å². The Morgan fingerprint density at radius 3 is 2.14 bits per heavy atom. The predicted octanol–water partition coefficient (Wildman–Crippen LogP) is 3.44. The molecule has 0 aliphatic heterocycles. The lowest BCUT2D eigenvalue weighted by Gasteiger charge is -2.30. The van der Waals surface area contributed by atoms with Gasteiger partial charge in [-0.3, -0.25) is 4.79 Å². The Balaban J connectivity index is 2.49. The van der Waals surface area contributed by atoms with E-state index in [1.165, 1.54) is 28.6 Å². The highest BCUT2D eigenvalue weighted by Gasteiger charge is 2.35. The summed E-state index contributed by atoms with van der Waals surface area (Å²) in [4.78, 5) is 12.2. The van der Waals surface area contributed by atoms with E-state index in [0.717, 1.165) is 0 Å². The monoisotopic (exact) mass is 424 g/mol. The molecule has 152 valence electrons. The van der Waals surface area contributed by atoms with Crippen LogP contribution in [0.15, 0.2) is 53.4 Å². The van der Waals surface area contributed by atoms with Gasteiger partial charge in [0.1, 0.15) is 11.8 Å². The second kappa shape index (κ2) is 9.41. The molecule has 0 radical (unpaired) electrons. The van der Waals surface area contributed by atoms with Crippen LogP contribution in [0.4, 0.5) is 0 Å². The third-order valence-electron chi connectivity index (χ3n) is 4.29. The number of ether oxygens (including phenoxy) is 1. The van der Waals surface area contributed by atoms with Gasteiger partial charge < -0.3 is 10.5 Å². The van der Waals surface area contributed by atoms with E-state index in [0.29, 0.717) is 22.8 Å². The van der Waals surface area contributed by atoms with Crippen LogP contribution in [-0.2, 0) is 21.4 Å². The number of carbonyl (C=O) groups is 1. The molecule has 1 atom stereocenters. The third-order valence-corrected chi connectivity index (χ3v) is 6.41. The fourth-order valence-electron chi connectivity index (χ4n) is 2.84. The summed E-state index contributed by atoms with van der Waals surface area (Å²) in [5.41, 5.74) is 6.31. The summed E-state index contributed by atoms with van der Waals surface area (Å²) in [6, 6.07) is 11.9. The Hall–Kier alpha value is -2.09. The Kier molecular flexibility index (Phi) is 7.46. The van der Waals surface area contributed by atoms with E-state index in [4.69, 9.17) is 22.1 Å². The summed E-state index contributed by atoms with van der Waals surface area (Å²) < 4.78 is 33.0. The van der Waals surface area contributed by atoms with E-state index in [1.807, 2.05) is 13.8 Å². The lowest BCUT2D eigenvalue weighted by molar-refractivity contribution is -0.122. The average Bonchev–Trinajstić information content (AvgIpc) is 2.65. The molecule has 28 heavy (non-hydrogen) atoms. The molecule has 0 saturated carbocycles. The van der Waals surface area contributed by atoms with Crippen molar-refractivity contribution in [1.82, 2.24) is 4.31 Å². The number of rotatable bonds is 9. The van der Waals surface area contributed by atoms with Crippen molar-refractivity contribution in [1.29, 1.82) is 0 Å². The summed E-state index contributed by atoms with van der Waals surface area (Å²) in [5, 5.41) is 0.425. The SMILES string of the molecule is COc1ccc(CN([C@H](CC(C)C)C(N)=O)S(=O)(=O)c2ccc(Cl)cc2)cc1. The number of benzene rings is 2. The zero-order valence-corrected chi connectivity index (χ0v) is 17.7. The molecule has 0 fully saturated rings. The molecule has 0 aromatic heterocycles. The van der Waals surface area contributed by atoms with Crippen molar-refractivity contribution in [2.75, 3.05) is 7.11 Å². The van der Waals surface area contributed by atoms with Crippen LogP contribution in [-0.4, -0.2) is 31.8 Å². The van der Waals surface area contributed by atoms with Crippen molar-refractivity contribution in [2.24, 2.45) is 11.7 Å². The molecule has 0 unspecified atom stereocenters. The molecule has 0 spiro atoms. The Bertz CT molecular complexity index is 897. The number of primary amides is 1.